The number of rotatable bonds is 2. The molecule has 1 aromatic heterocycles. The zero-order valence-corrected chi connectivity index (χ0v) is 14.0. The zero-order chi connectivity index (χ0) is 14.3. The second kappa shape index (κ2) is 5.47. The number of fused-ring (bicyclic) bond motifs is 1. The van der Waals surface area contributed by atoms with Gasteiger partial charge in [-0.15, -0.1) is 11.6 Å². The van der Waals surface area contributed by atoms with Gasteiger partial charge in [0.15, 0.2) is 0 Å². The molecule has 20 heavy (non-hydrogen) atoms. The Morgan fingerprint density at radius 1 is 1.10 bits per heavy atom. The fraction of sp³-hybridized carbons (Fsp3) is 0.0714. The standard InChI is InChI=1S/C14H8Br2ClFN2/c15-8-1-3-12(10(18)5-8)20-13-4-2-9(16)6-11(13)19-14(20)7-17/h1-6H,7H2. The van der Waals surface area contributed by atoms with Crippen LogP contribution in [0.15, 0.2) is 45.3 Å². The number of hydrogen-bond donors (Lipinski definition) is 0. The molecule has 0 fully saturated rings. The molecule has 2 nitrogen and oxygen atoms in total. The van der Waals surface area contributed by atoms with Crippen LogP contribution in [0, 0.1) is 5.82 Å². The average molecular weight is 418 g/mol. The lowest BCUT2D eigenvalue weighted by atomic mass is 10.2. The Balaban J connectivity index is 2.34. The van der Waals surface area contributed by atoms with Crippen molar-refractivity contribution in [2.24, 2.45) is 0 Å². The van der Waals surface area contributed by atoms with Crippen LogP contribution in [-0.4, -0.2) is 9.55 Å². The van der Waals surface area contributed by atoms with Crippen LogP contribution in [0.2, 0.25) is 0 Å². The van der Waals surface area contributed by atoms with E-state index in [0.717, 1.165) is 15.5 Å². The van der Waals surface area contributed by atoms with E-state index in [1.54, 1.807) is 16.7 Å². The quantitative estimate of drug-likeness (QED) is 0.508. The first kappa shape index (κ1) is 14.0. The minimum atomic E-state index is -0.326. The van der Waals surface area contributed by atoms with Crippen molar-refractivity contribution >= 4 is 54.5 Å². The van der Waals surface area contributed by atoms with Crippen LogP contribution in [0.4, 0.5) is 4.39 Å². The summed E-state index contributed by atoms with van der Waals surface area (Å²) < 4.78 is 17.6. The first-order valence-corrected chi connectivity index (χ1v) is 7.90. The van der Waals surface area contributed by atoms with Gasteiger partial charge in [-0.2, -0.15) is 0 Å². The summed E-state index contributed by atoms with van der Waals surface area (Å²) in [6.07, 6.45) is 0. The number of benzene rings is 2. The van der Waals surface area contributed by atoms with Crippen molar-refractivity contribution in [2.75, 3.05) is 0 Å². The lowest BCUT2D eigenvalue weighted by Crippen LogP contribution is -2.02. The number of aromatic nitrogens is 2. The summed E-state index contributed by atoms with van der Waals surface area (Å²) in [7, 11) is 0. The Bertz CT molecular complexity index is 801. The van der Waals surface area contributed by atoms with Crippen LogP contribution in [0.5, 0.6) is 0 Å². The molecule has 0 atom stereocenters. The van der Waals surface area contributed by atoms with Gasteiger partial charge in [0.1, 0.15) is 11.6 Å². The molecule has 102 valence electrons. The van der Waals surface area contributed by atoms with Crippen molar-refractivity contribution in [3.63, 3.8) is 0 Å². The molecule has 0 unspecified atom stereocenters. The van der Waals surface area contributed by atoms with Gasteiger partial charge in [0.25, 0.3) is 0 Å². The van der Waals surface area contributed by atoms with Gasteiger partial charge >= 0.3 is 0 Å². The molecule has 0 aliphatic rings. The molecule has 0 aliphatic carbocycles. The van der Waals surface area contributed by atoms with Crippen molar-refractivity contribution in [3.05, 3.63) is 57.0 Å². The van der Waals surface area contributed by atoms with Crippen molar-refractivity contribution in [2.45, 2.75) is 5.88 Å². The predicted octanol–water partition coefficient (Wildman–Crippen LogP) is 5.43. The highest BCUT2D eigenvalue weighted by Crippen LogP contribution is 2.27. The normalized spacial score (nSPS) is 11.2. The predicted molar refractivity (Wildman–Crippen MR) is 86.0 cm³/mol. The van der Waals surface area contributed by atoms with Crippen LogP contribution < -0.4 is 0 Å². The van der Waals surface area contributed by atoms with Crippen LogP contribution in [-0.2, 0) is 5.88 Å². The van der Waals surface area contributed by atoms with Gasteiger partial charge in [0, 0.05) is 8.95 Å². The third-order valence-electron chi connectivity index (χ3n) is 2.96. The summed E-state index contributed by atoms with van der Waals surface area (Å²) in [5, 5.41) is 0. The highest BCUT2D eigenvalue weighted by Gasteiger charge is 2.15. The number of alkyl halides is 1. The number of nitrogens with zero attached hydrogens (tertiary/aromatic N) is 2. The maximum Gasteiger partial charge on any atom is 0.148 e. The Kier molecular flexibility index (Phi) is 3.84. The molecule has 0 saturated carbocycles. The van der Waals surface area contributed by atoms with Crippen molar-refractivity contribution < 1.29 is 4.39 Å². The van der Waals surface area contributed by atoms with E-state index in [9.17, 15) is 4.39 Å². The SMILES string of the molecule is Fc1cc(Br)ccc1-n1c(CCl)nc2cc(Br)ccc21. The van der Waals surface area contributed by atoms with Gasteiger partial charge in [-0.1, -0.05) is 31.9 Å². The Hall–Kier alpha value is -0.910. The van der Waals surface area contributed by atoms with Crippen LogP contribution >= 0.6 is 43.5 Å². The minimum Gasteiger partial charge on any atom is -0.292 e. The van der Waals surface area contributed by atoms with E-state index in [4.69, 9.17) is 11.6 Å². The molecule has 1 heterocycles. The van der Waals surface area contributed by atoms with Gasteiger partial charge < -0.3 is 0 Å². The Labute approximate surface area is 136 Å². The lowest BCUT2D eigenvalue weighted by Gasteiger charge is -2.09. The van der Waals surface area contributed by atoms with E-state index in [1.807, 2.05) is 18.2 Å². The average Bonchev–Trinajstić information content (AvgIpc) is 2.76. The summed E-state index contributed by atoms with van der Waals surface area (Å²) in [5.41, 5.74) is 2.04. The maximum absolute atomic E-state index is 14.2. The molecule has 0 amide bonds. The largest absolute Gasteiger partial charge is 0.292 e. The molecule has 0 bridgehead atoms. The zero-order valence-electron chi connectivity index (χ0n) is 10.1. The first-order chi connectivity index (χ1) is 9.60. The molecule has 6 heteroatoms. The molecule has 2 aromatic carbocycles. The Morgan fingerprint density at radius 2 is 1.80 bits per heavy atom. The number of hydrogen-bond acceptors (Lipinski definition) is 1. The molecule has 3 aromatic rings. The molecule has 0 saturated heterocycles. The van der Waals surface area contributed by atoms with E-state index in [-0.39, 0.29) is 11.7 Å². The second-order valence-electron chi connectivity index (χ2n) is 4.23. The van der Waals surface area contributed by atoms with Crippen molar-refractivity contribution in [1.29, 1.82) is 0 Å². The second-order valence-corrected chi connectivity index (χ2v) is 6.32. The van der Waals surface area contributed by atoms with E-state index in [0.29, 0.717) is 16.0 Å². The maximum atomic E-state index is 14.2. The van der Waals surface area contributed by atoms with E-state index in [2.05, 4.69) is 36.8 Å². The Morgan fingerprint density at radius 3 is 2.50 bits per heavy atom. The smallest absolute Gasteiger partial charge is 0.148 e. The fourth-order valence-corrected chi connectivity index (χ4v) is 2.99. The molecular formula is C14H8Br2ClFN2. The molecular weight excluding hydrogens is 410 g/mol. The third-order valence-corrected chi connectivity index (χ3v) is 4.18. The van der Waals surface area contributed by atoms with Gasteiger partial charge in [-0.05, 0) is 36.4 Å². The number of imidazole rings is 1. The summed E-state index contributed by atoms with van der Waals surface area (Å²) in [4.78, 5) is 4.45. The highest BCUT2D eigenvalue weighted by molar-refractivity contribution is 9.10. The molecule has 0 radical (unpaired) electrons. The van der Waals surface area contributed by atoms with Gasteiger partial charge in [-0.3, -0.25) is 4.57 Å². The van der Waals surface area contributed by atoms with E-state index < -0.39 is 0 Å². The summed E-state index contributed by atoms with van der Waals surface area (Å²) >= 11 is 12.6. The van der Waals surface area contributed by atoms with Crippen LogP contribution in [0.3, 0.4) is 0 Å². The first-order valence-electron chi connectivity index (χ1n) is 5.78. The third kappa shape index (κ3) is 2.38. The summed E-state index contributed by atoms with van der Waals surface area (Å²) in [5.74, 6) is 0.496. The lowest BCUT2D eigenvalue weighted by molar-refractivity contribution is 0.617. The van der Waals surface area contributed by atoms with Gasteiger partial charge in [0.05, 0.1) is 22.6 Å². The monoisotopic (exact) mass is 416 g/mol. The number of halogens is 4. The topological polar surface area (TPSA) is 17.8 Å². The van der Waals surface area contributed by atoms with Gasteiger partial charge in [0.2, 0.25) is 0 Å². The molecule has 0 spiro atoms. The van der Waals surface area contributed by atoms with Crippen LogP contribution in [0.25, 0.3) is 16.7 Å². The summed E-state index contributed by atoms with van der Waals surface area (Å²) in [6.45, 7) is 0. The van der Waals surface area contributed by atoms with Gasteiger partial charge in [-0.25, -0.2) is 9.37 Å². The van der Waals surface area contributed by atoms with Crippen molar-refractivity contribution in [1.82, 2.24) is 9.55 Å². The summed E-state index contributed by atoms with van der Waals surface area (Å²) in [6, 6.07) is 10.6. The highest BCUT2D eigenvalue weighted by atomic mass is 79.9. The van der Waals surface area contributed by atoms with E-state index in [1.165, 1.54) is 6.07 Å². The minimum absolute atomic E-state index is 0.210. The molecule has 3 rings (SSSR count). The van der Waals surface area contributed by atoms with Crippen LogP contribution in [0.1, 0.15) is 5.82 Å². The molecule has 0 aliphatic heterocycles. The van der Waals surface area contributed by atoms with Crippen molar-refractivity contribution in [3.8, 4) is 5.69 Å². The molecule has 0 N–H and O–H groups in total. The fourth-order valence-electron chi connectivity index (χ4n) is 2.12. The van der Waals surface area contributed by atoms with E-state index >= 15 is 0 Å².